The van der Waals surface area contributed by atoms with Crippen molar-refractivity contribution in [1.82, 2.24) is 15.8 Å². The Labute approximate surface area is 145 Å². The number of hydrazine groups is 1. The molecule has 0 aliphatic heterocycles. The Balaban J connectivity index is 1.74. The predicted molar refractivity (Wildman–Crippen MR) is 88.1 cm³/mol. The molecule has 1 heterocycles. The molecule has 2 aromatic carbocycles. The van der Waals surface area contributed by atoms with E-state index in [0.717, 1.165) is 17.5 Å². The van der Waals surface area contributed by atoms with E-state index in [9.17, 15) is 22.8 Å². The fourth-order valence-electron chi connectivity index (χ4n) is 2.37. The van der Waals surface area contributed by atoms with Crippen molar-refractivity contribution in [2.45, 2.75) is 6.18 Å². The maximum atomic E-state index is 12.9. The van der Waals surface area contributed by atoms with Crippen LogP contribution in [0.1, 0.15) is 26.4 Å². The molecular formula is C18H12F3N3O2. The Morgan fingerprint density at radius 3 is 2.23 bits per heavy atom. The number of nitrogens with zero attached hydrogens (tertiary/aromatic N) is 1. The minimum absolute atomic E-state index is 0.0214. The Hall–Kier alpha value is -3.42. The lowest BCUT2D eigenvalue weighted by Gasteiger charge is -2.13. The molecule has 0 saturated heterocycles. The summed E-state index contributed by atoms with van der Waals surface area (Å²) in [7, 11) is 0. The van der Waals surface area contributed by atoms with E-state index in [1.54, 1.807) is 18.2 Å². The monoisotopic (exact) mass is 359 g/mol. The molecule has 5 nitrogen and oxygen atoms in total. The number of pyridine rings is 1. The summed E-state index contributed by atoms with van der Waals surface area (Å²) in [5, 5.41) is 0.826. The van der Waals surface area contributed by atoms with Gasteiger partial charge in [-0.15, -0.1) is 0 Å². The summed E-state index contributed by atoms with van der Waals surface area (Å²) in [4.78, 5) is 28.2. The number of halogens is 3. The van der Waals surface area contributed by atoms with Crippen LogP contribution in [-0.2, 0) is 6.18 Å². The van der Waals surface area contributed by atoms with Crippen molar-refractivity contribution in [2.75, 3.05) is 0 Å². The van der Waals surface area contributed by atoms with Crippen LogP contribution in [-0.4, -0.2) is 16.8 Å². The highest BCUT2D eigenvalue weighted by Gasteiger charge is 2.34. The number of aromatic nitrogens is 1. The minimum atomic E-state index is -4.68. The van der Waals surface area contributed by atoms with Crippen molar-refractivity contribution in [3.8, 4) is 0 Å². The zero-order chi connectivity index (χ0) is 18.7. The number of amides is 2. The summed E-state index contributed by atoms with van der Waals surface area (Å²) in [6.07, 6.45) is -4.68. The molecule has 0 atom stereocenters. The first-order valence-electron chi connectivity index (χ1n) is 7.49. The van der Waals surface area contributed by atoms with E-state index >= 15 is 0 Å². The van der Waals surface area contributed by atoms with Gasteiger partial charge in [-0.25, -0.2) is 4.98 Å². The number of carbonyl (C=O) groups is 2. The van der Waals surface area contributed by atoms with Gasteiger partial charge in [0, 0.05) is 5.39 Å². The van der Waals surface area contributed by atoms with Gasteiger partial charge in [-0.2, -0.15) is 13.2 Å². The Morgan fingerprint density at radius 2 is 1.46 bits per heavy atom. The normalized spacial score (nSPS) is 11.2. The Morgan fingerprint density at radius 1 is 0.808 bits per heavy atom. The molecule has 0 radical (unpaired) electrons. The first-order chi connectivity index (χ1) is 12.4. The van der Waals surface area contributed by atoms with Crippen molar-refractivity contribution < 1.29 is 22.8 Å². The average Bonchev–Trinajstić information content (AvgIpc) is 2.64. The SMILES string of the molecule is O=C(NNC(=O)c1ccccc1C(F)(F)F)c1ccc2ccccc2n1. The fourth-order valence-corrected chi connectivity index (χ4v) is 2.37. The third-order valence-corrected chi connectivity index (χ3v) is 3.60. The summed E-state index contributed by atoms with van der Waals surface area (Å²) < 4.78 is 38.8. The molecule has 0 aliphatic rings. The molecule has 3 aromatic rings. The number of benzene rings is 2. The molecule has 3 rings (SSSR count). The molecule has 0 spiro atoms. The van der Waals surface area contributed by atoms with Crippen LogP contribution >= 0.6 is 0 Å². The Kier molecular flexibility index (Phi) is 4.57. The number of carbonyl (C=O) groups excluding carboxylic acids is 2. The minimum Gasteiger partial charge on any atom is -0.267 e. The maximum Gasteiger partial charge on any atom is 0.417 e. The first-order valence-corrected chi connectivity index (χ1v) is 7.49. The average molecular weight is 359 g/mol. The van der Waals surface area contributed by atoms with Crippen LogP contribution in [0.2, 0.25) is 0 Å². The zero-order valence-corrected chi connectivity index (χ0v) is 13.2. The molecule has 1 aromatic heterocycles. The number of alkyl halides is 3. The molecule has 2 N–H and O–H groups in total. The van der Waals surface area contributed by atoms with Gasteiger partial charge in [0.25, 0.3) is 11.8 Å². The third kappa shape index (κ3) is 3.64. The van der Waals surface area contributed by atoms with Gasteiger partial charge in [-0.05, 0) is 24.3 Å². The molecule has 0 fully saturated rings. The van der Waals surface area contributed by atoms with Crippen molar-refractivity contribution in [1.29, 1.82) is 0 Å². The fraction of sp³-hybridized carbons (Fsp3) is 0.0556. The van der Waals surface area contributed by atoms with Crippen LogP contribution < -0.4 is 10.9 Å². The summed E-state index contributed by atoms with van der Waals surface area (Å²) in [6.45, 7) is 0. The number of hydrogen-bond acceptors (Lipinski definition) is 3. The summed E-state index contributed by atoms with van der Waals surface area (Å²) in [5.74, 6) is -1.82. The van der Waals surface area contributed by atoms with Gasteiger partial charge >= 0.3 is 6.18 Å². The van der Waals surface area contributed by atoms with E-state index in [4.69, 9.17) is 0 Å². The number of rotatable bonds is 2. The van der Waals surface area contributed by atoms with Crippen LogP contribution in [0.3, 0.4) is 0 Å². The highest BCUT2D eigenvalue weighted by Crippen LogP contribution is 2.31. The number of fused-ring (bicyclic) bond motifs is 1. The number of para-hydroxylation sites is 1. The summed E-state index contributed by atoms with van der Waals surface area (Å²) in [6, 6.07) is 14.5. The summed E-state index contributed by atoms with van der Waals surface area (Å²) in [5.41, 5.74) is 2.97. The van der Waals surface area contributed by atoms with Gasteiger partial charge in [0.2, 0.25) is 0 Å². The van der Waals surface area contributed by atoms with Crippen LogP contribution in [0.25, 0.3) is 10.9 Å². The molecule has 0 saturated carbocycles. The predicted octanol–water partition coefficient (Wildman–Crippen LogP) is 3.33. The largest absolute Gasteiger partial charge is 0.417 e. The van der Waals surface area contributed by atoms with Crippen molar-refractivity contribution in [3.63, 3.8) is 0 Å². The number of nitrogens with one attached hydrogen (secondary N) is 2. The van der Waals surface area contributed by atoms with Crippen LogP contribution in [0, 0.1) is 0 Å². The molecule has 0 unspecified atom stereocenters. The van der Waals surface area contributed by atoms with Crippen molar-refractivity contribution in [3.05, 3.63) is 77.5 Å². The van der Waals surface area contributed by atoms with E-state index in [1.165, 1.54) is 18.2 Å². The second kappa shape index (κ2) is 6.83. The van der Waals surface area contributed by atoms with Gasteiger partial charge in [-0.3, -0.25) is 20.4 Å². The highest BCUT2D eigenvalue weighted by atomic mass is 19.4. The van der Waals surface area contributed by atoms with Gasteiger partial charge in [0.1, 0.15) is 5.69 Å². The standard InChI is InChI=1S/C18H12F3N3O2/c19-18(20,21)13-7-3-2-6-12(13)16(25)23-24-17(26)15-10-9-11-5-1-4-8-14(11)22-15/h1-10H,(H,23,25)(H,24,26). The Bertz CT molecular complexity index is 987. The van der Waals surface area contributed by atoms with Gasteiger partial charge < -0.3 is 0 Å². The van der Waals surface area contributed by atoms with Crippen LogP contribution in [0.4, 0.5) is 13.2 Å². The van der Waals surface area contributed by atoms with Crippen LogP contribution in [0.15, 0.2) is 60.7 Å². The second-order valence-corrected chi connectivity index (χ2v) is 5.34. The molecule has 0 aliphatic carbocycles. The van der Waals surface area contributed by atoms with Gasteiger partial charge in [0.05, 0.1) is 16.6 Å². The smallest absolute Gasteiger partial charge is 0.267 e. The van der Waals surface area contributed by atoms with E-state index in [0.29, 0.717) is 5.52 Å². The molecular weight excluding hydrogens is 347 g/mol. The lowest BCUT2D eigenvalue weighted by Crippen LogP contribution is -2.42. The zero-order valence-electron chi connectivity index (χ0n) is 13.2. The maximum absolute atomic E-state index is 12.9. The van der Waals surface area contributed by atoms with Gasteiger partial charge in [0.15, 0.2) is 0 Å². The third-order valence-electron chi connectivity index (χ3n) is 3.60. The van der Waals surface area contributed by atoms with Gasteiger partial charge in [-0.1, -0.05) is 36.4 Å². The van der Waals surface area contributed by atoms with E-state index < -0.39 is 29.1 Å². The lowest BCUT2D eigenvalue weighted by atomic mass is 10.1. The molecule has 2 amide bonds. The van der Waals surface area contributed by atoms with Crippen molar-refractivity contribution in [2.24, 2.45) is 0 Å². The van der Waals surface area contributed by atoms with E-state index in [2.05, 4.69) is 10.4 Å². The number of hydrogen-bond donors (Lipinski definition) is 2. The highest BCUT2D eigenvalue weighted by molar-refractivity contribution is 6.00. The molecule has 0 bridgehead atoms. The molecule has 26 heavy (non-hydrogen) atoms. The van der Waals surface area contributed by atoms with E-state index in [-0.39, 0.29) is 5.69 Å². The van der Waals surface area contributed by atoms with Crippen LogP contribution in [0.5, 0.6) is 0 Å². The topological polar surface area (TPSA) is 71.1 Å². The molecule has 132 valence electrons. The first kappa shape index (κ1) is 17.4. The van der Waals surface area contributed by atoms with E-state index in [1.807, 2.05) is 17.6 Å². The molecule has 8 heteroatoms. The second-order valence-electron chi connectivity index (χ2n) is 5.34. The van der Waals surface area contributed by atoms with Crippen molar-refractivity contribution >= 4 is 22.7 Å². The summed E-state index contributed by atoms with van der Waals surface area (Å²) >= 11 is 0. The quantitative estimate of drug-likeness (QED) is 0.690. The lowest BCUT2D eigenvalue weighted by molar-refractivity contribution is -0.137.